The molecule has 2 unspecified atom stereocenters. The van der Waals surface area contributed by atoms with Crippen molar-refractivity contribution < 1.29 is 9.53 Å². The van der Waals surface area contributed by atoms with Gasteiger partial charge in [-0.2, -0.15) is 0 Å². The fraction of sp³-hybridized carbons (Fsp3) is 0.800. The summed E-state index contributed by atoms with van der Waals surface area (Å²) in [5.41, 5.74) is 7.96. The van der Waals surface area contributed by atoms with Gasteiger partial charge < -0.3 is 4.74 Å². The van der Waals surface area contributed by atoms with Gasteiger partial charge in [0, 0.05) is 11.5 Å². The maximum atomic E-state index is 10.1. The number of azide groups is 1. The van der Waals surface area contributed by atoms with E-state index in [0.717, 1.165) is 0 Å². The van der Waals surface area contributed by atoms with Gasteiger partial charge in [-0.15, -0.1) is 0 Å². The highest BCUT2D eigenvalue weighted by Gasteiger charge is 2.22. The molecule has 2 atom stereocenters. The van der Waals surface area contributed by atoms with E-state index in [4.69, 9.17) is 10.3 Å². The zero-order valence-electron chi connectivity index (χ0n) is 5.80. The van der Waals surface area contributed by atoms with Crippen LogP contribution in [-0.4, -0.2) is 31.7 Å². The molecule has 6 nitrogen and oxygen atoms in total. The molecule has 0 aliphatic carbocycles. The largest absolute Gasteiger partial charge is 0.352 e. The van der Waals surface area contributed by atoms with Crippen LogP contribution >= 0.6 is 0 Å². The molecule has 6 heteroatoms. The van der Waals surface area contributed by atoms with Gasteiger partial charge in [-0.3, -0.25) is 10.1 Å². The zero-order chi connectivity index (χ0) is 8.10. The van der Waals surface area contributed by atoms with Crippen molar-refractivity contribution in [1.29, 1.82) is 0 Å². The van der Waals surface area contributed by atoms with Crippen molar-refractivity contribution in [3.05, 3.63) is 10.4 Å². The lowest BCUT2D eigenvalue weighted by molar-refractivity contribution is -0.118. The van der Waals surface area contributed by atoms with E-state index in [2.05, 4.69) is 15.3 Å². The van der Waals surface area contributed by atoms with E-state index in [1.807, 2.05) is 0 Å². The number of nitrogens with zero attached hydrogens (tertiary/aromatic N) is 3. The molecule has 1 heterocycles. The van der Waals surface area contributed by atoms with Crippen molar-refractivity contribution in [3.8, 4) is 0 Å². The van der Waals surface area contributed by atoms with Gasteiger partial charge in [-0.1, -0.05) is 5.11 Å². The van der Waals surface area contributed by atoms with Crippen molar-refractivity contribution in [2.45, 2.75) is 12.3 Å². The fourth-order valence-corrected chi connectivity index (χ4v) is 0.867. The van der Waals surface area contributed by atoms with Crippen molar-refractivity contribution in [3.63, 3.8) is 0 Å². The molecule has 1 fully saturated rings. The second-order valence-corrected chi connectivity index (χ2v) is 2.14. The van der Waals surface area contributed by atoms with Crippen LogP contribution in [0.5, 0.6) is 0 Å². The van der Waals surface area contributed by atoms with E-state index in [1.54, 1.807) is 0 Å². The summed E-state index contributed by atoms with van der Waals surface area (Å²) in [5.74, 6) is 0. The van der Waals surface area contributed by atoms with Crippen LogP contribution in [0.2, 0.25) is 0 Å². The normalized spacial score (nSPS) is 29.5. The summed E-state index contributed by atoms with van der Waals surface area (Å²) in [6.45, 7) is 0.830. The first-order chi connectivity index (χ1) is 5.36. The number of hydrogen-bond donors (Lipinski definition) is 1. The first-order valence-corrected chi connectivity index (χ1v) is 3.22. The number of hydrogen-bond acceptors (Lipinski definition) is 4. The van der Waals surface area contributed by atoms with Crippen LogP contribution in [0.3, 0.4) is 0 Å². The maximum Gasteiger partial charge on any atom is 0.165 e. The minimum Gasteiger partial charge on any atom is -0.352 e. The summed E-state index contributed by atoms with van der Waals surface area (Å²) in [5, 5.41) is 6.11. The molecule has 0 bridgehead atoms. The molecule has 0 aromatic carbocycles. The Kier molecular flexibility index (Phi) is 2.85. The molecule has 1 N–H and O–H groups in total. The number of aldehydes is 1. The average molecular weight is 156 g/mol. The monoisotopic (exact) mass is 156 g/mol. The summed E-state index contributed by atoms with van der Waals surface area (Å²) in [6, 6.07) is 0. The maximum absolute atomic E-state index is 10.1. The van der Waals surface area contributed by atoms with E-state index in [1.165, 1.54) is 0 Å². The second kappa shape index (κ2) is 3.92. The number of rotatable bonds is 3. The molecule has 0 amide bonds. The van der Waals surface area contributed by atoms with Crippen LogP contribution in [0.25, 0.3) is 10.4 Å². The lowest BCUT2D eigenvalue weighted by atomic mass is 10.4. The average Bonchev–Trinajstić information content (AvgIpc) is 2.48. The molecule has 0 spiro atoms. The lowest BCUT2D eigenvalue weighted by Gasteiger charge is -2.03. The molecule has 1 rings (SSSR count). The second-order valence-electron chi connectivity index (χ2n) is 2.14. The molecular formula is C5H8N4O2. The molecule has 60 valence electrons. The van der Waals surface area contributed by atoms with Gasteiger partial charge in [-0.05, 0) is 5.53 Å². The Morgan fingerprint density at radius 2 is 2.73 bits per heavy atom. The van der Waals surface area contributed by atoms with Crippen LogP contribution in [0.15, 0.2) is 5.11 Å². The molecule has 1 saturated heterocycles. The Morgan fingerprint density at radius 1 is 1.91 bits per heavy atom. The molecule has 1 aliphatic heterocycles. The molecule has 0 saturated carbocycles. The van der Waals surface area contributed by atoms with E-state index < -0.39 is 6.23 Å². The zero-order valence-corrected chi connectivity index (χ0v) is 5.80. The Labute approximate surface area is 63.2 Å². The van der Waals surface area contributed by atoms with Gasteiger partial charge >= 0.3 is 0 Å². The minimum atomic E-state index is -0.533. The number of carbonyl (C=O) groups is 1. The van der Waals surface area contributed by atoms with Gasteiger partial charge in [0.05, 0.1) is 12.6 Å². The molecule has 0 aromatic rings. The molecular weight excluding hydrogens is 148 g/mol. The third-order valence-corrected chi connectivity index (χ3v) is 1.36. The minimum absolute atomic E-state index is 0.166. The summed E-state index contributed by atoms with van der Waals surface area (Å²) in [6.07, 6.45) is -0.0224. The van der Waals surface area contributed by atoms with E-state index >= 15 is 0 Å². The molecule has 0 aromatic heterocycles. The van der Waals surface area contributed by atoms with Crippen molar-refractivity contribution in [1.82, 2.24) is 5.32 Å². The van der Waals surface area contributed by atoms with E-state index in [9.17, 15) is 4.79 Å². The summed E-state index contributed by atoms with van der Waals surface area (Å²) in [4.78, 5) is 12.7. The Bertz CT molecular complexity index is 189. The Morgan fingerprint density at radius 3 is 3.27 bits per heavy atom. The first kappa shape index (κ1) is 8.00. The molecule has 11 heavy (non-hydrogen) atoms. The van der Waals surface area contributed by atoms with Crippen LogP contribution in [0, 0.1) is 0 Å². The first-order valence-electron chi connectivity index (χ1n) is 3.22. The highest BCUT2D eigenvalue weighted by atomic mass is 16.5. The summed E-state index contributed by atoms with van der Waals surface area (Å²) >= 11 is 0. The van der Waals surface area contributed by atoms with Crippen LogP contribution in [0.1, 0.15) is 0 Å². The summed E-state index contributed by atoms with van der Waals surface area (Å²) < 4.78 is 5.07. The van der Waals surface area contributed by atoms with Gasteiger partial charge in [0.25, 0.3) is 0 Å². The Hall–Kier alpha value is -1.10. The SMILES string of the molecule is [N-]=[N+]=NCC1CNC(C=O)O1. The van der Waals surface area contributed by atoms with Crippen LogP contribution in [0.4, 0.5) is 0 Å². The highest BCUT2D eigenvalue weighted by Crippen LogP contribution is 2.02. The van der Waals surface area contributed by atoms with Crippen molar-refractivity contribution >= 4 is 6.29 Å². The van der Waals surface area contributed by atoms with Gasteiger partial charge in [0.1, 0.15) is 0 Å². The standard InChI is InChI=1S/C5H8N4O2/c6-9-8-2-4-1-7-5(3-10)11-4/h3-5,7H,1-2H2. The smallest absolute Gasteiger partial charge is 0.165 e. The Balaban J connectivity index is 2.29. The summed E-state index contributed by atoms with van der Waals surface area (Å²) in [7, 11) is 0. The third kappa shape index (κ3) is 2.19. The predicted molar refractivity (Wildman–Crippen MR) is 36.7 cm³/mol. The number of nitrogens with one attached hydrogen (secondary N) is 1. The van der Waals surface area contributed by atoms with Crippen LogP contribution in [-0.2, 0) is 9.53 Å². The van der Waals surface area contributed by atoms with E-state index in [0.29, 0.717) is 12.8 Å². The van der Waals surface area contributed by atoms with Crippen molar-refractivity contribution in [2.75, 3.05) is 13.1 Å². The highest BCUT2D eigenvalue weighted by molar-refractivity contribution is 5.55. The van der Waals surface area contributed by atoms with Gasteiger partial charge in [0.15, 0.2) is 12.5 Å². The predicted octanol–water partition coefficient (Wildman–Crippen LogP) is -0.190. The topological polar surface area (TPSA) is 87.1 Å². The van der Waals surface area contributed by atoms with Gasteiger partial charge in [-0.25, -0.2) is 0 Å². The van der Waals surface area contributed by atoms with Gasteiger partial charge in [0.2, 0.25) is 0 Å². The molecule has 1 aliphatic rings. The quantitative estimate of drug-likeness (QED) is 0.266. The number of carbonyl (C=O) groups excluding carboxylic acids is 1. The van der Waals surface area contributed by atoms with Crippen molar-refractivity contribution in [2.24, 2.45) is 5.11 Å². The van der Waals surface area contributed by atoms with E-state index in [-0.39, 0.29) is 12.6 Å². The number of ether oxygens (including phenoxy) is 1. The molecule has 0 radical (unpaired) electrons. The van der Waals surface area contributed by atoms with Crippen LogP contribution < -0.4 is 5.32 Å². The third-order valence-electron chi connectivity index (χ3n) is 1.36. The fourth-order valence-electron chi connectivity index (χ4n) is 0.867. The lowest BCUT2D eigenvalue weighted by Crippen LogP contribution is -2.23.